The normalized spacial score (nSPS) is 11.3. The number of halogens is 2. The third-order valence-electron chi connectivity index (χ3n) is 4.15. The van der Waals surface area contributed by atoms with Crippen molar-refractivity contribution in [1.29, 1.82) is 0 Å². The molecule has 0 saturated heterocycles. The number of nitrogens with one attached hydrogen (secondary N) is 2. The fraction of sp³-hybridized carbons (Fsp3) is 0.0455. The molecule has 0 saturated carbocycles. The van der Waals surface area contributed by atoms with E-state index >= 15 is 0 Å². The van der Waals surface area contributed by atoms with E-state index in [2.05, 4.69) is 10.0 Å². The summed E-state index contributed by atoms with van der Waals surface area (Å²) in [5.74, 6) is 0.230. The molecule has 0 aromatic heterocycles. The molecule has 9 heteroatoms. The molecule has 0 fully saturated rings. The van der Waals surface area contributed by atoms with Gasteiger partial charge in [0.25, 0.3) is 10.0 Å². The molecule has 31 heavy (non-hydrogen) atoms. The topological polar surface area (TPSA) is 84.5 Å². The fourth-order valence-electron chi connectivity index (χ4n) is 2.58. The molecule has 0 spiro atoms. The monoisotopic (exact) mass is 476 g/mol. The summed E-state index contributed by atoms with van der Waals surface area (Å²) in [5.41, 5.74) is 1.50. The lowest BCUT2D eigenvalue weighted by Gasteiger charge is -2.09. The Kier molecular flexibility index (Phi) is 7.22. The van der Waals surface area contributed by atoms with Gasteiger partial charge in [0.15, 0.2) is 0 Å². The number of benzene rings is 3. The zero-order valence-electron chi connectivity index (χ0n) is 16.3. The van der Waals surface area contributed by atoms with Gasteiger partial charge in [-0.3, -0.25) is 9.52 Å². The van der Waals surface area contributed by atoms with Crippen LogP contribution in [0.15, 0.2) is 77.7 Å². The summed E-state index contributed by atoms with van der Waals surface area (Å²) in [6, 6.07) is 17.3. The maximum Gasteiger partial charge on any atom is 0.261 e. The van der Waals surface area contributed by atoms with E-state index in [0.29, 0.717) is 32.7 Å². The highest BCUT2D eigenvalue weighted by Crippen LogP contribution is 2.23. The van der Waals surface area contributed by atoms with Gasteiger partial charge in [-0.05, 0) is 72.3 Å². The second kappa shape index (κ2) is 9.87. The largest absolute Gasteiger partial charge is 0.497 e. The molecule has 0 aliphatic heterocycles. The second-order valence-electron chi connectivity index (χ2n) is 6.35. The number of methoxy groups -OCH3 is 1. The van der Waals surface area contributed by atoms with Gasteiger partial charge in [0.1, 0.15) is 5.75 Å². The first kappa shape index (κ1) is 22.7. The van der Waals surface area contributed by atoms with Crippen LogP contribution in [-0.4, -0.2) is 21.4 Å². The van der Waals surface area contributed by atoms with E-state index in [1.807, 2.05) is 0 Å². The van der Waals surface area contributed by atoms with Gasteiger partial charge < -0.3 is 10.1 Å². The minimum Gasteiger partial charge on any atom is -0.497 e. The summed E-state index contributed by atoms with van der Waals surface area (Å²) in [6.07, 6.45) is 2.89. The van der Waals surface area contributed by atoms with Crippen molar-refractivity contribution in [2.45, 2.75) is 4.90 Å². The summed E-state index contributed by atoms with van der Waals surface area (Å²) < 4.78 is 32.6. The highest BCUT2D eigenvalue weighted by molar-refractivity contribution is 7.92. The number of hydrogen-bond acceptors (Lipinski definition) is 4. The predicted octanol–water partition coefficient (Wildman–Crippen LogP) is 5.45. The van der Waals surface area contributed by atoms with Crippen LogP contribution in [0, 0.1) is 0 Å². The van der Waals surface area contributed by atoms with Crippen LogP contribution in [-0.2, 0) is 14.8 Å². The van der Waals surface area contributed by atoms with Crippen molar-refractivity contribution in [3.05, 3.63) is 88.4 Å². The second-order valence-corrected chi connectivity index (χ2v) is 8.87. The smallest absolute Gasteiger partial charge is 0.261 e. The Hall–Kier alpha value is -3.00. The number of ether oxygens (including phenoxy) is 1. The molecule has 2 N–H and O–H groups in total. The minimum absolute atomic E-state index is 0.0600. The first-order chi connectivity index (χ1) is 14.8. The van der Waals surface area contributed by atoms with Crippen molar-refractivity contribution in [1.82, 2.24) is 0 Å². The van der Waals surface area contributed by atoms with Crippen LogP contribution in [0.25, 0.3) is 6.08 Å². The summed E-state index contributed by atoms with van der Waals surface area (Å²) in [7, 11) is -2.25. The first-order valence-corrected chi connectivity index (χ1v) is 11.2. The van der Waals surface area contributed by atoms with Crippen molar-refractivity contribution in [3.63, 3.8) is 0 Å². The van der Waals surface area contributed by atoms with Gasteiger partial charge in [0.2, 0.25) is 5.91 Å². The lowest BCUT2D eigenvalue weighted by atomic mass is 10.2. The Morgan fingerprint density at radius 1 is 0.935 bits per heavy atom. The average molecular weight is 477 g/mol. The van der Waals surface area contributed by atoms with E-state index in [4.69, 9.17) is 27.9 Å². The molecule has 3 aromatic rings. The Morgan fingerprint density at radius 3 is 2.19 bits per heavy atom. The highest BCUT2D eigenvalue weighted by atomic mass is 35.5. The summed E-state index contributed by atoms with van der Waals surface area (Å²) in [5, 5.41) is 3.59. The SMILES string of the molecule is COc1ccc(NS(=O)(=O)c2ccc(NC(=O)/C=C/c3ccc(Cl)cc3Cl)cc2)cc1. The van der Waals surface area contributed by atoms with Crippen molar-refractivity contribution in [2.75, 3.05) is 17.1 Å². The van der Waals surface area contributed by atoms with E-state index in [-0.39, 0.29) is 4.90 Å². The minimum atomic E-state index is -3.78. The third kappa shape index (κ3) is 6.24. The zero-order valence-corrected chi connectivity index (χ0v) is 18.6. The van der Waals surface area contributed by atoms with Gasteiger partial charge in [0, 0.05) is 27.5 Å². The average Bonchev–Trinajstić information content (AvgIpc) is 2.74. The molecule has 0 aliphatic carbocycles. The molecule has 160 valence electrons. The van der Waals surface area contributed by atoms with Crippen LogP contribution in [0.4, 0.5) is 11.4 Å². The Balaban J connectivity index is 1.64. The molecule has 0 radical (unpaired) electrons. The molecule has 0 aliphatic rings. The fourth-order valence-corrected chi connectivity index (χ4v) is 4.11. The van der Waals surface area contributed by atoms with E-state index in [1.165, 1.54) is 37.5 Å². The highest BCUT2D eigenvalue weighted by Gasteiger charge is 2.14. The maximum atomic E-state index is 12.5. The van der Waals surface area contributed by atoms with E-state index in [9.17, 15) is 13.2 Å². The van der Waals surface area contributed by atoms with E-state index in [0.717, 1.165) is 0 Å². The summed E-state index contributed by atoms with van der Waals surface area (Å²) in [4.78, 5) is 12.2. The van der Waals surface area contributed by atoms with Gasteiger partial charge in [-0.2, -0.15) is 0 Å². The molecular formula is C22H18Cl2N2O4S. The lowest BCUT2D eigenvalue weighted by Crippen LogP contribution is -2.13. The zero-order chi connectivity index (χ0) is 22.4. The number of carbonyl (C=O) groups excluding carboxylic acids is 1. The molecule has 3 rings (SSSR count). The number of anilines is 2. The molecule has 0 heterocycles. The first-order valence-electron chi connectivity index (χ1n) is 8.98. The van der Waals surface area contributed by atoms with Crippen LogP contribution >= 0.6 is 23.2 Å². The van der Waals surface area contributed by atoms with E-state index < -0.39 is 15.9 Å². The van der Waals surface area contributed by atoms with Gasteiger partial charge in [-0.1, -0.05) is 29.3 Å². The number of rotatable bonds is 7. The molecule has 1 amide bonds. The third-order valence-corrected chi connectivity index (χ3v) is 6.11. The molecule has 0 unspecified atom stereocenters. The standard InChI is InChI=1S/C22H18Cl2N2O4S/c1-30-19-9-5-18(6-10-19)26-31(28,29)20-11-7-17(8-12-20)25-22(27)13-3-15-2-4-16(23)14-21(15)24/h2-14,26H,1H3,(H,25,27)/b13-3+. The Bertz CT molecular complexity index is 1210. The van der Waals surface area contributed by atoms with Gasteiger partial charge in [0.05, 0.1) is 12.0 Å². The Labute approximate surface area is 190 Å². The molecule has 3 aromatic carbocycles. The summed E-state index contributed by atoms with van der Waals surface area (Å²) >= 11 is 11.9. The molecular weight excluding hydrogens is 459 g/mol. The van der Waals surface area contributed by atoms with Crippen LogP contribution < -0.4 is 14.8 Å². The molecule has 0 bridgehead atoms. The van der Waals surface area contributed by atoms with Crippen molar-refractivity contribution < 1.29 is 17.9 Å². The number of carbonyl (C=O) groups is 1. The maximum absolute atomic E-state index is 12.5. The lowest BCUT2D eigenvalue weighted by molar-refractivity contribution is -0.111. The molecule has 6 nitrogen and oxygen atoms in total. The van der Waals surface area contributed by atoms with Crippen LogP contribution in [0.3, 0.4) is 0 Å². The van der Waals surface area contributed by atoms with Gasteiger partial charge in [-0.15, -0.1) is 0 Å². The van der Waals surface area contributed by atoms with Crippen LogP contribution in [0.1, 0.15) is 5.56 Å². The number of hydrogen-bond donors (Lipinski definition) is 2. The quantitative estimate of drug-likeness (QED) is 0.443. The van der Waals surface area contributed by atoms with Crippen molar-refractivity contribution in [3.8, 4) is 5.75 Å². The molecule has 0 atom stereocenters. The van der Waals surface area contributed by atoms with Gasteiger partial charge in [-0.25, -0.2) is 8.42 Å². The number of amides is 1. The van der Waals surface area contributed by atoms with Crippen molar-refractivity contribution in [2.24, 2.45) is 0 Å². The Morgan fingerprint density at radius 2 is 1.58 bits per heavy atom. The van der Waals surface area contributed by atoms with E-state index in [1.54, 1.807) is 48.5 Å². The number of sulfonamides is 1. The van der Waals surface area contributed by atoms with Crippen LogP contribution in [0.5, 0.6) is 5.75 Å². The van der Waals surface area contributed by atoms with Crippen molar-refractivity contribution >= 4 is 56.6 Å². The summed E-state index contributed by atoms with van der Waals surface area (Å²) in [6.45, 7) is 0. The van der Waals surface area contributed by atoms with Gasteiger partial charge >= 0.3 is 0 Å². The van der Waals surface area contributed by atoms with Crippen LogP contribution in [0.2, 0.25) is 10.0 Å². The predicted molar refractivity (Wildman–Crippen MR) is 124 cm³/mol.